The predicted octanol–water partition coefficient (Wildman–Crippen LogP) is 4.21. The van der Waals surface area contributed by atoms with Crippen LogP contribution in [0.3, 0.4) is 0 Å². The van der Waals surface area contributed by atoms with Crippen LogP contribution in [0.15, 0.2) is 42.5 Å². The van der Waals surface area contributed by atoms with Crippen LogP contribution in [-0.4, -0.2) is 13.2 Å². The summed E-state index contributed by atoms with van der Waals surface area (Å²) in [6.07, 6.45) is 0.754. The Morgan fingerprint density at radius 3 is 2.71 bits per heavy atom. The lowest BCUT2D eigenvalue weighted by atomic mass is 10.1. The van der Waals surface area contributed by atoms with Crippen molar-refractivity contribution < 1.29 is 9.13 Å². The highest BCUT2D eigenvalue weighted by Gasteiger charge is 2.10. The van der Waals surface area contributed by atoms with Gasteiger partial charge in [-0.25, -0.2) is 4.39 Å². The Bertz CT molecular complexity index is 603. The SMILES string of the molecule is COc1cccc(Cl)c1CNC(C)Cc1cccc(F)c1. The van der Waals surface area contributed by atoms with Crippen LogP contribution in [-0.2, 0) is 13.0 Å². The van der Waals surface area contributed by atoms with E-state index in [2.05, 4.69) is 12.2 Å². The van der Waals surface area contributed by atoms with Crippen LogP contribution in [0.5, 0.6) is 5.75 Å². The molecule has 0 aliphatic carbocycles. The monoisotopic (exact) mass is 307 g/mol. The van der Waals surface area contributed by atoms with Gasteiger partial charge >= 0.3 is 0 Å². The molecule has 0 aromatic heterocycles. The van der Waals surface area contributed by atoms with E-state index in [-0.39, 0.29) is 11.9 Å². The largest absolute Gasteiger partial charge is 0.496 e. The fourth-order valence-electron chi connectivity index (χ4n) is 2.27. The number of rotatable bonds is 6. The van der Waals surface area contributed by atoms with Crippen LogP contribution in [0.2, 0.25) is 5.02 Å². The zero-order chi connectivity index (χ0) is 15.2. The molecule has 4 heteroatoms. The molecule has 2 rings (SSSR count). The molecule has 0 bridgehead atoms. The summed E-state index contributed by atoms with van der Waals surface area (Å²) in [5.74, 6) is 0.570. The number of hydrogen-bond donors (Lipinski definition) is 1. The normalized spacial score (nSPS) is 12.2. The molecule has 0 heterocycles. The van der Waals surface area contributed by atoms with Crippen molar-refractivity contribution in [2.75, 3.05) is 7.11 Å². The Morgan fingerprint density at radius 1 is 1.24 bits per heavy atom. The first-order chi connectivity index (χ1) is 10.1. The third-order valence-corrected chi connectivity index (χ3v) is 3.71. The summed E-state index contributed by atoms with van der Waals surface area (Å²) in [6.45, 7) is 2.67. The molecular weight excluding hydrogens is 289 g/mol. The van der Waals surface area contributed by atoms with Gasteiger partial charge in [-0.05, 0) is 43.2 Å². The van der Waals surface area contributed by atoms with Crippen LogP contribution in [0.4, 0.5) is 4.39 Å². The molecular formula is C17H19ClFNO. The summed E-state index contributed by atoms with van der Waals surface area (Å²) in [5, 5.41) is 4.08. The van der Waals surface area contributed by atoms with Crippen LogP contribution < -0.4 is 10.1 Å². The van der Waals surface area contributed by atoms with E-state index < -0.39 is 0 Å². The van der Waals surface area contributed by atoms with E-state index in [0.29, 0.717) is 11.6 Å². The van der Waals surface area contributed by atoms with Gasteiger partial charge in [-0.15, -0.1) is 0 Å². The fraction of sp³-hybridized carbons (Fsp3) is 0.294. The molecule has 0 fully saturated rings. The molecule has 0 aliphatic rings. The van der Waals surface area contributed by atoms with Crippen LogP contribution in [0, 0.1) is 5.82 Å². The van der Waals surface area contributed by atoms with Crippen molar-refractivity contribution in [3.63, 3.8) is 0 Å². The van der Waals surface area contributed by atoms with Gasteiger partial charge in [0.15, 0.2) is 0 Å². The quantitative estimate of drug-likeness (QED) is 0.863. The maximum Gasteiger partial charge on any atom is 0.124 e. The average Bonchev–Trinajstić information content (AvgIpc) is 2.45. The van der Waals surface area contributed by atoms with Gasteiger partial charge in [0, 0.05) is 23.2 Å². The van der Waals surface area contributed by atoms with E-state index in [9.17, 15) is 4.39 Å². The van der Waals surface area contributed by atoms with Crippen LogP contribution in [0.25, 0.3) is 0 Å². The molecule has 0 saturated heterocycles. The molecule has 0 spiro atoms. The van der Waals surface area contributed by atoms with Gasteiger partial charge in [-0.1, -0.05) is 29.8 Å². The van der Waals surface area contributed by atoms with E-state index >= 15 is 0 Å². The van der Waals surface area contributed by atoms with Crippen molar-refractivity contribution in [3.05, 3.63) is 64.4 Å². The lowest BCUT2D eigenvalue weighted by molar-refractivity contribution is 0.405. The Labute approximate surface area is 129 Å². The van der Waals surface area contributed by atoms with E-state index in [1.807, 2.05) is 24.3 Å². The number of ether oxygens (including phenoxy) is 1. The Morgan fingerprint density at radius 2 is 2.00 bits per heavy atom. The van der Waals surface area contributed by atoms with E-state index in [0.717, 1.165) is 23.3 Å². The van der Waals surface area contributed by atoms with Crippen LogP contribution >= 0.6 is 11.6 Å². The zero-order valence-electron chi connectivity index (χ0n) is 12.2. The van der Waals surface area contributed by atoms with Gasteiger partial charge in [-0.3, -0.25) is 0 Å². The van der Waals surface area contributed by atoms with Gasteiger partial charge in [0.1, 0.15) is 11.6 Å². The summed E-state index contributed by atoms with van der Waals surface area (Å²) < 4.78 is 18.5. The van der Waals surface area contributed by atoms with Crippen molar-refractivity contribution >= 4 is 11.6 Å². The molecule has 0 radical (unpaired) electrons. The molecule has 2 nitrogen and oxygen atoms in total. The first-order valence-corrected chi connectivity index (χ1v) is 7.27. The molecule has 112 valence electrons. The molecule has 1 unspecified atom stereocenters. The van der Waals surface area contributed by atoms with E-state index in [1.54, 1.807) is 19.2 Å². The predicted molar refractivity (Wildman–Crippen MR) is 84.4 cm³/mol. The lowest BCUT2D eigenvalue weighted by Gasteiger charge is -2.16. The maximum absolute atomic E-state index is 13.2. The van der Waals surface area contributed by atoms with Crippen molar-refractivity contribution in [2.24, 2.45) is 0 Å². The molecule has 0 aliphatic heterocycles. The highest BCUT2D eigenvalue weighted by Crippen LogP contribution is 2.26. The second-order valence-corrected chi connectivity index (χ2v) is 5.44. The minimum Gasteiger partial charge on any atom is -0.496 e. The Hall–Kier alpha value is -1.58. The van der Waals surface area contributed by atoms with Crippen LogP contribution in [0.1, 0.15) is 18.1 Å². The van der Waals surface area contributed by atoms with Gasteiger partial charge in [0.2, 0.25) is 0 Å². The van der Waals surface area contributed by atoms with E-state index in [4.69, 9.17) is 16.3 Å². The molecule has 1 N–H and O–H groups in total. The first-order valence-electron chi connectivity index (χ1n) is 6.89. The zero-order valence-corrected chi connectivity index (χ0v) is 13.0. The van der Waals surface area contributed by atoms with Crippen molar-refractivity contribution in [2.45, 2.75) is 25.9 Å². The van der Waals surface area contributed by atoms with Gasteiger partial charge in [-0.2, -0.15) is 0 Å². The second kappa shape index (κ2) is 7.43. The highest BCUT2D eigenvalue weighted by molar-refractivity contribution is 6.31. The molecule has 2 aromatic rings. The molecule has 0 amide bonds. The standard InChI is InChI=1S/C17H19ClFNO/c1-12(9-13-5-3-6-14(19)10-13)20-11-15-16(18)7-4-8-17(15)21-2/h3-8,10,12,20H,9,11H2,1-2H3. The molecule has 1 atom stereocenters. The Balaban J connectivity index is 1.97. The minimum absolute atomic E-state index is 0.201. The first kappa shape index (κ1) is 15.8. The summed E-state index contributed by atoms with van der Waals surface area (Å²) in [7, 11) is 1.63. The maximum atomic E-state index is 13.2. The minimum atomic E-state index is -0.201. The smallest absolute Gasteiger partial charge is 0.124 e. The Kier molecular flexibility index (Phi) is 5.59. The van der Waals surface area contributed by atoms with Crippen molar-refractivity contribution in [3.8, 4) is 5.75 Å². The second-order valence-electron chi connectivity index (χ2n) is 5.04. The number of methoxy groups -OCH3 is 1. The third-order valence-electron chi connectivity index (χ3n) is 3.35. The molecule has 0 saturated carbocycles. The van der Waals surface area contributed by atoms with Gasteiger partial charge in [0.05, 0.1) is 7.11 Å². The highest BCUT2D eigenvalue weighted by atomic mass is 35.5. The van der Waals surface area contributed by atoms with E-state index in [1.165, 1.54) is 6.07 Å². The van der Waals surface area contributed by atoms with Gasteiger partial charge in [0.25, 0.3) is 0 Å². The van der Waals surface area contributed by atoms with Gasteiger partial charge < -0.3 is 10.1 Å². The molecule has 2 aromatic carbocycles. The average molecular weight is 308 g/mol. The molecule has 21 heavy (non-hydrogen) atoms. The third kappa shape index (κ3) is 4.45. The summed E-state index contributed by atoms with van der Waals surface area (Å²) >= 11 is 6.20. The topological polar surface area (TPSA) is 21.3 Å². The van der Waals surface area contributed by atoms with Crippen molar-refractivity contribution in [1.82, 2.24) is 5.32 Å². The number of halogens is 2. The summed E-state index contributed by atoms with van der Waals surface area (Å²) in [5.41, 5.74) is 1.91. The number of hydrogen-bond acceptors (Lipinski definition) is 2. The van der Waals surface area contributed by atoms with Crippen molar-refractivity contribution in [1.29, 1.82) is 0 Å². The summed E-state index contributed by atoms with van der Waals surface area (Å²) in [4.78, 5) is 0. The lowest BCUT2D eigenvalue weighted by Crippen LogP contribution is -2.27. The number of benzene rings is 2. The summed E-state index contributed by atoms with van der Waals surface area (Å²) in [6, 6.07) is 12.5. The fourth-order valence-corrected chi connectivity index (χ4v) is 2.50. The number of nitrogens with one attached hydrogen (secondary N) is 1.